The highest BCUT2D eigenvalue weighted by Crippen LogP contribution is 2.35. The Kier molecular flexibility index (Phi) is 2.84. The minimum Gasteiger partial charge on any atom is -0.398 e. The largest absolute Gasteiger partial charge is 0.398 e. The number of nitrogen functional groups attached to an aromatic ring is 1. The molecule has 19 heavy (non-hydrogen) atoms. The van der Waals surface area contributed by atoms with Crippen LogP contribution in [-0.2, 0) is 20.0 Å². The number of primary sulfonamides is 1. The highest BCUT2D eigenvalue weighted by Gasteiger charge is 2.30. The molecule has 0 bridgehead atoms. The van der Waals surface area contributed by atoms with Crippen molar-refractivity contribution >= 4 is 37.3 Å². The molecular weight excluding hydrogens is 292 g/mol. The van der Waals surface area contributed by atoms with Crippen LogP contribution in [0.2, 0.25) is 0 Å². The van der Waals surface area contributed by atoms with Gasteiger partial charge in [0.25, 0.3) is 10.0 Å². The van der Waals surface area contributed by atoms with Crippen LogP contribution >= 0.6 is 0 Å². The van der Waals surface area contributed by atoms with Gasteiger partial charge in [0.15, 0.2) is 0 Å². The summed E-state index contributed by atoms with van der Waals surface area (Å²) in [6.45, 7) is 1.52. The molecule has 1 aliphatic rings. The highest BCUT2D eigenvalue weighted by molar-refractivity contribution is 7.91. The summed E-state index contributed by atoms with van der Waals surface area (Å²) < 4.78 is 50.1. The molecule has 1 aliphatic heterocycles. The molecule has 4 N–H and O–H groups in total. The Morgan fingerprint density at radius 2 is 1.89 bits per heavy atom. The number of fused-ring (bicyclic) bond motifs is 1. The lowest BCUT2D eigenvalue weighted by Gasteiger charge is -2.26. The summed E-state index contributed by atoms with van der Waals surface area (Å²) in [5.74, 6) is 0.259. The summed E-state index contributed by atoms with van der Waals surface area (Å²) in [5.41, 5.74) is 5.76. The fourth-order valence-corrected chi connectivity index (χ4v) is 3.78. The molecule has 0 radical (unpaired) electrons. The molecule has 0 unspecified atom stereocenters. The molecule has 2 rings (SSSR count). The normalized spacial score (nSPS) is 17.8. The Bertz CT molecular complexity index is 796. The van der Waals surface area contributed by atoms with Crippen LogP contribution in [0.5, 0.6) is 0 Å². The van der Waals surface area contributed by atoms with E-state index in [1.165, 1.54) is 17.9 Å². The summed E-state index contributed by atoms with van der Waals surface area (Å²) in [7, 11) is -6.46. The van der Waals surface area contributed by atoms with Crippen molar-refractivity contribution in [1.82, 2.24) is 0 Å². The van der Waals surface area contributed by atoms with Gasteiger partial charge in [-0.25, -0.2) is 13.6 Å². The predicted octanol–water partition coefficient (Wildman–Crippen LogP) is -0.527. The Balaban J connectivity index is 2.87. The number of hydrogen-bond acceptors (Lipinski definition) is 6. The third kappa shape index (κ3) is 2.17. The van der Waals surface area contributed by atoms with Crippen LogP contribution in [0, 0.1) is 0 Å². The van der Waals surface area contributed by atoms with E-state index < -0.39 is 24.9 Å². The third-order valence-electron chi connectivity index (χ3n) is 2.77. The van der Waals surface area contributed by atoms with Gasteiger partial charge in [-0.05, 0) is 19.1 Å². The Labute approximate surface area is 110 Å². The molecule has 0 aliphatic carbocycles. The van der Waals surface area contributed by atoms with Crippen molar-refractivity contribution < 1.29 is 16.8 Å². The number of hydrogen-bond donors (Lipinski definition) is 2. The molecule has 1 aromatic rings. The van der Waals surface area contributed by atoms with Gasteiger partial charge in [0.05, 0.1) is 11.4 Å². The Morgan fingerprint density at radius 1 is 1.32 bits per heavy atom. The average molecular weight is 304 g/mol. The van der Waals surface area contributed by atoms with Crippen LogP contribution in [0.25, 0.3) is 0 Å². The molecule has 0 spiro atoms. The minimum absolute atomic E-state index is 0.113. The maximum absolute atomic E-state index is 11.9. The molecule has 104 valence electrons. The number of nitrogens with two attached hydrogens (primary N) is 2. The van der Waals surface area contributed by atoms with Gasteiger partial charge in [-0.15, -0.1) is 4.40 Å². The van der Waals surface area contributed by atoms with E-state index in [1.807, 2.05) is 0 Å². The first-order chi connectivity index (χ1) is 8.54. The second kappa shape index (κ2) is 3.92. The van der Waals surface area contributed by atoms with Crippen molar-refractivity contribution in [2.24, 2.45) is 9.54 Å². The topological polar surface area (TPSA) is 136 Å². The van der Waals surface area contributed by atoms with Crippen molar-refractivity contribution in [1.29, 1.82) is 0 Å². The van der Waals surface area contributed by atoms with E-state index in [2.05, 4.69) is 4.40 Å². The number of benzene rings is 1. The van der Waals surface area contributed by atoms with Crippen LogP contribution in [-0.4, -0.2) is 29.7 Å². The van der Waals surface area contributed by atoms with Crippen molar-refractivity contribution in [2.75, 3.05) is 17.7 Å². The summed E-state index contributed by atoms with van der Waals surface area (Å²) in [6.07, 6.45) is 0. The molecule has 0 fully saturated rings. The summed E-state index contributed by atoms with van der Waals surface area (Å²) in [5, 5.41) is 4.99. The lowest BCUT2D eigenvalue weighted by molar-refractivity contribution is 0.595. The van der Waals surface area contributed by atoms with Gasteiger partial charge in [0.1, 0.15) is 15.6 Å². The summed E-state index contributed by atoms with van der Waals surface area (Å²) >= 11 is 0. The zero-order valence-electron chi connectivity index (χ0n) is 10.2. The summed E-state index contributed by atoms with van der Waals surface area (Å²) in [6, 6.07) is 2.19. The number of anilines is 2. The van der Waals surface area contributed by atoms with Gasteiger partial charge >= 0.3 is 0 Å². The number of rotatable bonds is 1. The van der Waals surface area contributed by atoms with Crippen LogP contribution in [0.1, 0.15) is 6.92 Å². The molecule has 10 heteroatoms. The molecule has 1 aromatic carbocycles. The minimum atomic E-state index is -4.10. The van der Waals surface area contributed by atoms with Gasteiger partial charge in [-0.1, -0.05) is 0 Å². The second-order valence-corrected chi connectivity index (χ2v) is 7.18. The van der Waals surface area contributed by atoms with Gasteiger partial charge in [0.2, 0.25) is 10.0 Å². The molecular formula is C9H12N4O4S2. The Morgan fingerprint density at radius 3 is 2.42 bits per heavy atom. The van der Waals surface area contributed by atoms with Crippen LogP contribution in [0.3, 0.4) is 0 Å². The van der Waals surface area contributed by atoms with Crippen molar-refractivity contribution in [3.05, 3.63) is 12.1 Å². The molecule has 0 aromatic heterocycles. The zero-order chi connectivity index (χ0) is 14.6. The molecule has 0 amide bonds. The van der Waals surface area contributed by atoms with Crippen molar-refractivity contribution in [3.8, 4) is 0 Å². The first kappa shape index (κ1) is 13.8. The van der Waals surface area contributed by atoms with Gasteiger partial charge < -0.3 is 10.6 Å². The van der Waals surface area contributed by atoms with E-state index in [-0.39, 0.29) is 22.1 Å². The molecule has 0 saturated carbocycles. The van der Waals surface area contributed by atoms with E-state index in [0.29, 0.717) is 0 Å². The maximum Gasteiger partial charge on any atom is 0.286 e. The third-order valence-corrected chi connectivity index (χ3v) is 5.13. The summed E-state index contributed by atoms with van der Waals surface area (Å²) in [4.78, 5) is 0.830. The fraction of sp³-hybridized carbons (Fsp3) is 0.222. The number of nitrogens with zero attached hydrogens (tertiary/aromatic N) is 2. The smallest absolute Gasteiger partial charge is 0.286 e. The van der Waals surface area contributed by atoms with Gasteiger partial charge in [0, 0.05) is 7.05 Å². The van der Waals surface area contributed by atoms with Gasteiger partial charge in [-0.3, -0.25) is 0 Å². The first-order valence-corrected chi connectivity index (χ1v) is 8.04. The van der Waals surface area contributed by atoms with Crippen LogP contribution in [0.4, 0.5) is 11.4 Å². The molecule has 0 atom stereocenters. The standard InChI is InChI=1S/C9H12N4O4S2/c1-5-12-19(16,17)9-4-8(18(11,14)15)6(10)3-7(9)13(5)2/h3-4H,10H2,1-2H3,(H2,11,14,15). The quantitative estimate of drug-likeness (QED) is 0.669. The van der Waals surface area contributed by atoms with E-state index in [9.17, 15) is 16.8 Å². The lowest BCUT2D eigenvalue weighted by Crippen LogP contribution is -2.30. The Hall–Kier alpha value is -1.65. The van der Waals surface area contributed by atoms with E-state index in [0.717, 1.165) is 6.07 Å². The zero-order valence-corrected chi connectivity index (χ0v) is 11.8. The van der Waals surface area contributed by atoms with E-state index in [1.54, 1.807) is 7.05 Å². The monoisotopic (exact) mass is 304 g/mol. The number of sulfonamides is 2. The molecule has 0 saturated heterocycles. The maximum atomic E-state index is 11.9. The molecule has 1 heterocycles. The first-order valence-electron chi connectivity index (χ1n) is 5.05. The highest BCUT2D eigenvalue weighted by atomic mass is 32.2. The van der Waals surface area contributed by atoms with E-state index in [4.69, 9.17) is 10.9 Å². The fourth-order valence-electron chi connectivity index (χ4n) is 1.74. The van der Waals surface area contributed by atoms with Gasteiger partial charge in [-0.2, -0.15) is 8.42 Å². The van der Waals surface area contributed by atoms with Crippen molar-refractivity contribution in [2.45, 2.75) is 16.7 Å². The average Bonchev–Trinajstić information content (AvgIpc) is 2.23. The van der Waals surface area contributed by atoms with E-state index >= 15 is 0 Å². The second-order valence-electron chi connectivity index (χ2n) is 4.08. The van der Waals surface area contributed by atoms with Crippen LogP contribution < -0.4 is 15.8 Å². The predicted molar refractivity (Wildman–Crippen MR) is 70.9 cm³/mol. The molecule has 8 nitrogen and oxygen atoms in total. The SMILES string of the molecule is CC1=NS(=O)(=O)c2cc(S(N)(=O)=O)c(N)cc2N1C. The van der Waals surface area contributed by atoms with Crippen LogP contribution in [0.15, 0.2) is 26.3 Å². The lowest BCUT2D eigenvalue weighted by atomic mass is 10.2. The number of amidine groups is 1. The van der Waals surface area contributed by atoms with Crippen molar-refractivity contribution in [3.63, 3.8) is 0 Å².